The molecule has 0 bridgehead atoms. The van der Waals surface area contributed by atoms with Gasteiger partial charge >= 0.3 is 6.18 Å². The molecule has 148 valence electrons. The summed E-state index contributed by atoms with van der Waals surface area (Å²) in [4.78, 5) is 23.9. The second kappa shape index (κ2) is 8.42. The number of para-hydroxylation sites is 1. The molecule has 0 spiro atoms. The average molecular weight is 395 g/mol. The smallest absolute Gasteiger partial charge is 0.418 e. The van der Waals surface area contributed by atoms with Crippen LogP contribution in [0.15, 0.2) is 47.6 Å². The van der Waals surface area contributed by atoms with Crippen LogP contribution in [0.5, 0.6) is 11.5 Å². The van der Waals surface area contributed by atoms with Gasteiger partial charge in [-0.1, -0.05) is 12.1 Å². The average Bonchev–Trinajstić information content (AvgIpc) is 2.59. The minimum absolute atomic E-state index is 0.119. The third-order valence-corrected chi connectivity index (χ3v) is 3.50. The van der Waals surface area contributed by atoms with Gasteiger partial charge in [-0.25, -0.2) is 5.43 Å². The molecule has 2 aromatic rings. The Hall–Kier alpha value is -3.56. The molecule has 0 unspecified atom stereocenters. The van der Waals surface area contributed by atoms with Crippen molar-refractivity contribution in [3.63, 3.8) is 0 Å². The molecule has 4 N–H and O–H groups in total. The van der Waals surface area contributed by atoms with E-state index in [2.05, 4.69) is 15.8 Å². The lowest BCUT2D eigenvalue weighted by molar-refractivity contribution is -0.137. The normalized spacial score (nSPS) is 11.8. The number of carbonyl (C=O) groups excluding carboxylic acids is 2. The Bertz CT molecular complexity index is 927. The Morgan fingerprint density at radius 3 is 2.43 bits per heavy atom. The van der Waals surface area contributed by atoms with Gasteiger partial charge < -0.3 is 15.5 Å². The second-order valence-electron chi connectivity index (χ2n) is 5.76. The number of nitrogens with one attached hydrogen (secondary N) is 2. The summed E-state index contributed by atoms with van der Waals surface area (Å²) in [6.45, 7) is 1.40. The highest BCUT2D eigenvalue weighted by atomic mass is 19.4. The molecule has 7 nitrogen and oxygen atoms in total. The number of benzene rings is 2. The number of carbonyl (C=O) groups is 2. The fraction of sp³-hybridized carbons (Fsp3) is 0.167. The van der Waals surface area contributed by atoms with Crippen molar-refractivity contribution < 1.29 is 33.0 Å². The molecule has 0 fully saturated rings. The number of amides is 2. The number of hydrogen-bond donors (Lipinski definition) is 4. The van der Waals surface area contributed by atoms with E-state index in [9.17, 15) is 33.0 Å². The van der Waals surface area contributed by atoms with E-state index in [0.29, 0.717) is 0 Å². The van der Waals surface area contributed by atoms with Gasteiger partial charge in [0.15, 0.2) is 0 Å². The number of phenols is 2. The molecule has 0 aliphatic carbocycles. The minimum atomic E-state index is -4.62. The zero-order valence-electron chi connectivity index (χ0n) is 14.5. The number of hydrazone groups is 1. The van der Waals surface area contributed by atoms with Crippen molar-refractivity contribution in [3.05, 3.63) is 53.6 Å². The second-order valence-corrected chi connectivity index (χ2v) is 5.76. The maximum absolute atomic E-state index is 12.9. The first-order valence-electron chi connectivity index (χ1n) is 7.89. The topological polar surface area (TPSA) is 111 Å². The Balaban J connectivity index is 2.00. The molecule has 0 aliphatic rings. The van der Waals surface area contributed by atoms with E-state index in [1.807, 2.05) is 0 Å². The number of halogens is 3. The highest BCUT2D eigenvalue weighted by Crippen LogP contribution is 2.34. The molecule has 0 radical (unpaired) electrons. The van der Waals surface area contributed by atoms with Gasteiger partial charge in [-0.15, -0.1) is 0 Å². The summed E-state index contributed by atoms with van der Waals surface area (Å²) in [6.07, 6.45) is -4.98. The van der Waals surface area contributed by atoms with Gasteiger partial charge in [-0.05, 0) is 31.2 Å². The zero-order chi connectivity index (χ0) is 20.9. The molecular weight excluding hydrogens is 379 g/mol. The van der Waals surface area contributed by atoms with Crippen LogP contribution in [-0.2, 0) is 11.0 Å². The van der Waals surface area contributed by atoms with Crippen LogP contribution in [0.2, 0.25) is 0 Å². The highest BCUT2D eigenvalue weighted by molar-refractivity contribution is 6.06. The monoisotopic (exact) mass is 395 g/mol. The van der Waals surface area contributed by atoms with E-state index in [1.54, 1.807) is 0 Å². The standard InChI is InChI=1S/C18H16F3N3O4/c1-10(23-24-17(28)12-7-6-11(25)9-15(12)26)8-16(27)22-14-5-3-2-4-13(14)18(19,20)21/h2-7,9,25-26H,8H2,1H3,(H,22,27)(H,24,28)/b23-10+. The lowest BCUT2D eigenvalue weighted by Crippen LogP contribution is -2.22. The van der Waals surface area contributed by atoms with Crippen LogP contribution in [-0.4, -0.2) is 27.7 Å². The fourth-order valence-electron chi connectivity index (χ4n) is 2.22. The summed E-state index contributed by atoms with van der Waals surface area (Å²) in [7, 11) is 0. The molecule has 2 aromatic carbocycles. The zero-order valence-corrected chi connectivity index (χ0v) is 14.5. The summed E-state index contributed by atoms with van der Waals surface area (Å²) in [5.74, 6) is -2.24. The van der Waals surface area contributed by atoms with Crippen LogP contribution in [0.3, 0.4) is 0 Å². The van der Waals surface area contributed by atoms with Crippen LogP contribution < -0.4 is 10.7 Å². The number of nitrogens with zero attached hydrogens (tertiary/aromatic N) is 1. The maximum atomic E-state index is 12.9. The number of anilines is 1. The van der Waals surface area contributed by atoms with Crippen LogP contribution in [0, 0.1) is 0 Å². The summed E-state index contributed by atoms with van der Waals surface area (Å²) < 4.78 is 38.8. The molecule has 28 heavy (non-hydrogen) atoms. The molecule has 0 saturated heterocycles. The molecule has 2 amide bonds. The van der Waals surface area contributed by atoms with Crippen molar-refractivity contribution in [3.8, 4) is 11.5 Å². The molecule has 2 rings (SSSR count). The molecule has 0 aromatic heterocycles. The van der Waals surface area contributed by atoms with Crippen LogP contribution in [0.1, 0.15) is 29.3 Å². The summed E-state index contributed by atoms with van der Waals surface area (Å²) in [6, 6.07) is 7.87. The van der Waals surface area contributed by atoms with Crippen molar-refractivity contribution in [2.75, 3.05) is 5.32 Å². The van der Waals surface area contributed by atoms with Gasteiger partial charge in [-0.3, -0.25) is 9.59 Å². The van der Waals surface area contributed by atoms with Crippen molar-refractivity contribution >= 4 is 23.2 Å². The van der Waals surface area contributed by atoms with Crippen LogP contribution >= 0.6 is 0 Å². The minimum Gasteiger partial charge on any atom is -0.508 e. The van der Waals surface area contributed by atoms with E-state index in [4.69, 9.17) is 0 Å². The van der Waals surface area contributed by atoms with Gasteiger partial charge in [0, 0.05) is 11.8 Å². The summed E-state index contributed by atoms with van der Waals surface area (Å²) in [5.41, 5.74) is 0.714. The third kappa shape index (κ3) is 5.47. The quantitative estimate of drug-likeness (QED) is 0.460. The number of rotatable bonds is 5. The lowest BCUT2D eigenvalue weighted by Gasteiger charge is -2.13. The molecule has 0 aliphatic heterocycles. The predicted octanol–water partition coefficient (Wildman–Crippen LogP) is 3.25. The van der Waals surface area contributed by atoms with Gasteiger partial charge in [-0.2, -0.15) is 18.3 Å². The van der Waals surface area contributed by atoms with Crippen molar-refractivity contribution in [2.45, 2.75) is 19.5 Å². The van der Waals surface area contributed by atoms with Gasteiger partial charge in [0.05, 0.1) is 23.2 Å². The Morgan fingerprint density at radius 2 is 1.79 bits per heavy atom. The number of phenolic OH excluding ortho intramolecular Hbond substituents is 2. The third-order valence-electron chi connectivity index (χ3n) is 3.50. The summed E-state index contributed by atoms with van der Waals surface area (Å²) in [5, 5.41) is 24.6. The van der Waals surface area contributed by atoms with E-state index in [1.165, 1.54) is 31.2 Å². The molecule has 0 atom stereocenters. The number of alkyl halides is 3. The predicted molar refractivity (Wildman–Crippen MR) is 95.0 cm³/mol. The van der Waals surface area contributed by atoms with E-state index >= 15 is 0 Å². The Morgan fingerprint density at radius 1 is 1.11 bits per heavy atom. The van der Waals surface area contributed by atoms with E-state index in [0.717, 1.165) is 18.2 Å². The molecule has 0 heterocycles. The maximum Gasteiger partial charge on any atom is 0.418 e. The Kier molecular flexibility index (Phi) is 6.24. The van der Waals surface area contributed by atoms with Crippen LogP contribution in [0.25, 0.3) is 0 Å². The molecular formula is C18H16F3N3O4. The van der Waals surface area contributed by atoms with Crippen molar-refractivity contribution in [2.24, 2.45) is 5.10 Å². The van der Waals surface area contributed by atoms with E-state index < -0.39 is 29.3 Å². The highest BCUT2D eigenvalue weighted by Gasteiger charge is 2.33. The SMILES string of the molecule is C/C(CC(=O)Nc1ccccc1C(F)(F)F)=N\NC(=O)c1ccc(O)cc1O. The van der Waals surface area contributed by atoms with E-state index in [-0.39, 0.29) is 29.1 Å². The van der Waals surface area contributed by atoms with Crippen molar-refractivity contribution in [1.29, 1.82) is 0 Å². The van der Waals surface area contributed by atoms with Gasteiger partial charge in [0.25, 0.3) is 5.91 Å². The largest absolute Gasteiger partial charge is 0.508 e. The number of hydrogen-bond acceptors (Lipinski definition) is 5. The van der Waals surface area contributed by atoms with Gasteiger partial charge in [0.1, 0.15) is 11.5 Å². The van der Waals surface area contributed by atoms with Gasteiger partial charge in [0.2, 0.25) is 5.91 Å². The molecule has 0 saturated carbocycles. The molecule has 10 heteroatoms. The van der Waals surface area contributed by atoms with Crippen LogP contribution in [0.4, 0.5) is 18.9 Å². The summed E-state index contributed by atoms with van der Waals surface area (Å²) >= 11 is 0. The fourth-order valence-corrected chi connectivity index (χ4v) is 2.22. The number of aromatic hydroxyl groups is 2. The first-order chi connectivity index (χ1) is 13.1. The van der Waals surface area contributed by atoms with Crippen molar-refractivity contribution in [1.82, 2.24) is 5.43 Å². The lowest BCUT2D eigenvalue weighted by atomic mass is 10.1. The first kappa shape index (κ1) is 20.7. The first-order valence-corrected chi connectivity index (χ1v) is 7.89. The Labute approximate surface area is 157 Å².